The van der Waals surface area contributed by atoms with Crippen molar-refractivity contribution in [2.24, 2.45) is 0 Å². The number of nitrogens with two attached hydrogens (primary N) is 1. The average molecular weight is 261 g/mol. The first-order valence-corrected chi connectivity index (χ1v) is 6.23. The number of benzene rings is 1. The largest absolute Gasteiger partial charge is 0.497 e. The number of hydrogen-bond acceptors (Lipinski definition) is 4. The summed E-state index contributed by atoms with van der Waals surface area (Å²) in [6.07, 6.45) is 0. The molecule has 0 saturated heterocycles. The zero-order chi connectivity index (χ0) is 13.8. The van der Waals surface area contributed by atoms with Gasteiger partial charge in [-0.2, -0.15) is 5.10 Å². The van der Waals surface area contributed by atoms with Gasteiger partial charge in [0.25, 0.3) is 0 Å². The fourth-order valence-corrected chi connectivity index (χ4v) is 1.91. The molecule has 0 unspecified atom stereocenters. The summed E-state index contributed by atoms with van der Waals surface area (Å²) in [5, 5.41) is 4.38. The van der Waals surface area contributed by atoms with Gasteiger partial charge in [0.1, 0.15) is 18.1 Å². The number of rotatable bonds is 5. The summed E-state index contributed by atoms with van der Waals surface area (Å²) in [4.78, 5) is 0. The monoisotopic (exact) mass is 261 g/mol. The lowest BCUT2D eigenvalue weighted by Crippen LogP contribution is -2.07. The molecular formula is C14H19N3O2. The minimum Gasteiger partial charge on any atom is -0.497 e. The number of methoxy groups -OCH3 is 1. The Labute approximate surface area is 112 Å². The Hall–Kier alpha value is -2.17. The molecule has 5 nitrogen and oxygen atoms in total. The van der Waals surface area contributed by atoms with Crippen LogP contribution in [0.2, 0.25) is 0 Å². The molecule has 0 bridgehead atoms. The second-order valence-electron chi connectivity index (χ2n) is 4.29. The number of hydrogen-bond donors (Lipinski definition) is 1. The van der Waals surface area contributed by atoms with E-state index in [4.69, 9.17) is 15.2 Å². The van der Waals surface area contributed by atoms with Gasteiger partial charge in [-0.15, -0.1) is 0 Å². The van der Waals surface area contributed by atoms with Crippen molar-refractivity contribution in [2.45, 2.75) is 27.0 Å². The predicted molar refractivity (Wildman–Crippen MR) is 74.4 cm³/mol. The Morgan fingerprint density at radius 1 is 1.32 bits per heavy atom. The van der Waals surface area contributed by atoms with Crippen LogP contribution in [0, 0.1) is 6.92 Å². The molecule has 0 aliphatic carbocycles. The van der Waals surface area contributed by atoms with E-state index in [2.05, 4.69) is 12.0 Å². The van der Waals surface area contributed by atoms with Gasteiger partial charge in [-0.1, -0.05) is 0 Å². The molecule has 19 heavy (non-hydrogen) atoms. The second kappa shape index (κ2) is 5.65. The Balaban J connectivity index is 2.13. The van der Waals surface area contributed by atoms with Gasteiger partial charge in [-0.05, 0) is 32.0 Å². The van der Waals surface area contributed by atoms with Crippen LogP contribution in [0.1, 0.15) is 18.3 Å². The van der Waals surface area contributed by atoms with Crippen LogP contribution in [-0.4, -0.2) is 16.9 Å². The van der Waals surface area contributed by atoms with Crippen molar-refractivity contribution in [1.82, 2.24) is 9.78 Å². The molecule has 0 saturated carbocycles. The number of nitrogen functional groups attached to an aromatic ring is 1. The van der Waals surface area contributed by atoms with E-state index < -0.39 is 0 Å². The third-order valence-electron chi connectivity index (χ3n) is 2.88. The van der Waals surface area contributed by atoms with Crippen molar-refractivity contribution >= 4 is 5.69 Å². The number of aromatic nitrogens is 2. The van der Waals surface area contributed by atoms with Crippen molar-refractivity contribution in [3.05, 3.63) is 35.7 Å². The third kappa shape index (κ3) is 2.99. The van der Waals surface area contributed by atoms with Crippen molar-refractivity contribution < 1.29 is 9.47 Å². The molecule has 0 amide bonds. The van der Waals surface area contributed by atoms with Gasteiger partial charge < -0.3 is 15.2 Å². The number of ether oxygens (including phenoxy) is 2. The van der Waals surface area contributed by atoms with Crippen LogP contribution in [0.5, 0.6) is 11.5 Å². The molecule has 0 radical (unpaired) electrons. The summed E-state index contributed by atoms with van der Waals surface area (Å²) in [5.74, 6) is 1.35. The van der Waals surface area contributed by atoms with Gasteiger partial charge in [0.15, 0.2) is 0 Å². The Bertz CT molecular complexity index is 564. The van der Waals surface area contributed by atoms with Crippen molar-refractivity contribution in [3.8, 4) is 11.5 Å². The smallest absolute Gasteiger partial charge is 0.146 e. The van der Waals surface area contributed by atoms with Crippen LogP contribution < -0.4 is 15.2 Å². The number of aryl methyl sites for hydroxylation is 2. The number of anilines is 1. The zero-order valence-corrected chi connectivity index (χ0v) is 11.5. The second-order valence-corrected chi connectivity index (χ2v) is 4.29. The van der Waals surface area contributed by atoms with E-state index in [-0.39, 0.29) is 0 Å². The molecule has 102 valence electrons. The molecule has 0 fully saturated rings. The summed E-state index contributed by atoms with van der Waals surface area (Å²) in [7, 11) is 1.62. The quantitative estimate of drug-likeness (QED) is 0.839. The summed E-state index contributed by atoms with van der Waals surface area (Å²) in [6, 6.07) is 7.38. The topological polar surface area (TPSA) is 62.3 Å². The van der Waals surface area contributed by atoms with Gasteiger partial charge in [-0.3, -0.25) is 4.68 Å². The first-order chi connectivity index (χ1) is 9.13. The molecule has 0 aliphatic rings. The Morgan fingerprint density at radius 2 is 2.11 bits per heavy atom. The Kier molecular flexibility index (Phi) is 3.94. The highest BCUT2D eigenvalue weighted by Crippen LogP contribution is 2.27. The van der Waals surface area contributed by atoms with E-state index >= 15 is 0 Å². The molecule has 2 aromatic rings. The summed E-state index contributed by atoms with van der Waals surface area (Å²) < 4.78 is 12.8. The third-order valence-corrected chi connectivity index (χ3v) is 2.88. The van der Waals surface area contributed by atoms with Crippen LogP contribution in [-0.2, 0) is 13.2 Å². The van der Waals surface area contributed by atoms with Gasteiger partial charge in [-0.25, -0.2) is 0 Å². The van der Waals surface area contributed by atoms with E-state index in [0.717, 1.165) is 23.7 Å². The molecule has 1 aromatic heterocycles. The van der Waals surface area contributed by atoms with E-state index in [1.165, 1.54) is 0 Å². The van der Waals surface area contributed by atoms with Crippen molar-refractivity contribution in [3.63, 3.8) is 0 Å². The fraction of sp³-hybridized carbons (Fsp3) is 0.357. The van der Waals surface area contributed by atoms with Crippen LogP contribution >= 0.6 is 0 Å². The molecule has 2 rings (SSSR count). The van der Waals surface area contributed by atoms with Gasteiger partial charge >= 0.3 is 0 Å². The normalized spacial score (nSPS) is 10.5. The number of nitrogens with zero attached hydrogens (tertiary/aromatic N) is 2. The minimum atomic E-state index is 0.437. The van der Waals surface area contributed by atoms with E-state index in [0.29, 0.717) is 18.0 Å². The lowest BCUT2D eigenvalue weighted by molar-refractivity contribution is 0.292. The molecule has 5 heteroatoms. The maximum absolute atomic E-state index is 5.88. The first kappa shape index (κ1) is 13.3. The van der Waals surface area contributed by atoms with Crippen LogP contribution in [0.4, 0.5) is 5.69 Å². The fourth-order valence-electron chi connectivity index (χ4n) is 1.91. The highest BCUT2D eigenvalue weighted by Gasteiger charge is 2.07. The SMILES string of the molecule is CCn1nc(C)cc1COc1cc(OC)ccc1N. The van der Waals surface area contributed by atoms with Gasteiger partial charge in [0.2, 0.25) is 0 Å². The molecule has 2 N–H and O–H groups in total. The van der Waals surface area contributed by atoms with Gasteiger partial charge in [0.05, 0.1) is 24.2 Å². The molecule has 0 spiro atoms. The molecule has 0 atom stereocenters. The van der Waals surface area contributed by atoms with E-state index in [9.17, 15) is 0 Å². The van der Waals surface area contributed by atoms with E-state index in [1.54, 1.807) is 19.2 Å². The zero-order valence-electron chi connectivity index (χ0n) is 11.5. The van der Waals surface area contributed by atoms with Crippen molar-refractivity contribution in [2.75, 3.05) is 12.8 Å². The summed E-state index contributed by atoms with van der Waals surface area (Å²) in [6.45, 7) is 5.28. The molecule has 1 aromatic carbocycles. The lowest BCUT2D eigenvalue weighted by atomic mass is 10.3. The van der Waals surface area contributed by atoms with Crippen LogP contribution in [0.3, 0.4) is 0 Å². The maximum Gasteiger partial charge on any atom is 0.146 e. The lowest BCUT2D eigenvalue weighted by Gasteiger charge is -2.11. The maximum atomic E-state index is 5.88. The van der Waals surface area contributed by atoms with Crippen molar-refractivity contribution in [1.29, 1.82) is 0 Å². The minimum absolute atomic E-state index is 0.437. The highest BCUT2D eigenvalue weighted by molar-refractivity contribution is 5.55. The van der Waals surface area contributed by atoms with Gasteiger partial charge in [0, 0.05) is 12.6 Å². The Morgan fingerprint density at radius 3 is 2.79 bits per heavy atom. The standard InChI is InChI=1S/C14H19N3O2/c1-4-17-11(7-10(2)16-17)9-19-14-8-12(18-3)5-6-13(14)15/h5-8H,4,9,15H2,1-3H3. The molecular weight excluding hydrogens is 242 g/mol. The summed E-state index contributed by atoms with van der Waals surface area (Å²) >= 11 is 0. The van der Waals surface area contributed by atoms with E-state index in [1.807, 2.05) is 23.7 Å². The molecule has 0 aliphatic heterocycles. The average Bonchev–Trinajstić information content (AvgIpc) is 2.78. The van der Waals surface area contributed by atoms with Crippen LogP contribution in [0.15, 0.2) is 24.3 Å². The first-order valence-electron chi connectivity index (χ1n) is 6.23. The predicted octanol–water partition coefficient (Wildman–Crippen LogP) is 2.38. The molecule has 1 heterocycles. The summed E-state index contributed by atoms with van der Waals surface area (Å²) in [5.41, 5.74) is 8.49. The highest BCUT2D eigenvalue weighted by atomic mass is 16.5. The van der Waals surface area contributed by atoms with Crippen LogP contribution in [0.25, 0.3) is 0 Å².